The highest BCUT2D eigenvalue weighted by Gasteiger charge is 1.95. The highest BCUT2D eigenvalue weighted by atomic mass is 28.2. The Bertz CT molecular complexity index is 300. The van der Waals surface area contributed by atoms with Crippen LogP contribution in [0.25, 0.3) is 0 Å². The van der Waals surface area contributed by atoms with Crippen LogP contribution in [-0.2, 0) is 0 Å². The van der Waals surface area contributed by atoms with Gasteiger partial charge in [0.1, 0.15) is 0 Å². The summed E-state index contributed by atoms with van der Waals surface area (Å²) in [5.74, 6) is 0. The summed E-state index contributed by atoms with van der Waals surface area (Å²) in [5, 5.41) is 1.58. The molecule has 1 aromatic heterocycles. The standard InChI is InChI=1S/C18H33NSi/c1-2-3-4-5-6-7-8-9-10-11-12-17-20-18-13-15-19-16-14-18/h13-16H,2-12,17,20H2,1H3. The Balaban J connectivity index is 1.77. The Morgan fingerprint density at radius 2 is 1.25 bits per heavy atom. The normalized spacial score (nSPS) is 11.4. The molecule has 1 heterocycles. The molecule has 0 atom stereocenters. The Morgan fingerprint density at radius 1 is 0.750 bits per heavy atom. The number of aromatic nitrogens is 1. The van der Waals surface area contributed by atoms with Crippen LogP contribution in [0.5, 0.6) is 0 Å². The predicted molar refractivity (Wildman–Crippen MR) is 93.7 cm³/mol. The first kappa shape index (κ1) is 17.4. The van der Waals surface area contributed by atoms with E-state index in [0.717, 1.165) is 0 Å². The summed E-state index contributed by atoms with van der Waals surface area (Å²) < 4.78 is 0. The number of hydrogen-bond donors (Lipinski definition) is 0. The molecule has 0 aromatic carbocycles. The molecule has 1 nitrogen and oxygen atoms in total. The summed E-state index contributed by atoms with van der Waals surface area (Å²) in [6, 6.07) is 5.87. The minimum absolute atomic E-state index is 0.00739. The van der Waals surface area contributed by atoms with Crippen LogP contribution in [0.3, 0.4) is 0 Å². The highest BCUT2D eigenvalue weighted by molar-refractivity contribution is 6.53. The third-order valence-corrected chi connectivity index (χ3v) is 5.97. The third kappa shape index (κ3) is 10.2. The SMILES string of the molecule is CCCCCCCCCCCCC[SiH2]c1ccncc1. The molecule has 114 valence electrons. The molecule has 0 aliphatic carbocycles. The van der Waals surface area contributed by atoms with Gasteiger partial charge in [0.25, 0.3) is 0 Å². The van der Waals surface area contributed by atoms with Gasteiger partial charge in [-0.1, -0.05) is 88.8 Å². The van der Waals surface area contributed by atoms with Crippen LogP contribution in [0.2, 0.25) is 6.04 Å². The molecule has 0 bridgehead atoms. The zero-order chi connectivity index (χ0) is 14.3. The summed E-state index contributed by atoms with van der Waals surface area (Å²) in [6.07, 6.45) is 19.8. The molecule has 0 fully saturated rings. The molecular weight excluding hydrogens is 258 g/mol. The quantitative estimate of drug-likeness (QED) is 0.382. The van der Waals surface area contributed by atoms with Gasteiger partial charge in [-0.3, -0.25) is 4.98 Å². The van der Waals surface area contributed by atoms with Crippen LogP contribution >= 0.6 is 0 Å². The molecule has 1 rings (SSSR count). The zero-order valence-corrected chi connectivity index (χ0v) is 14.9. The van der Waals surface area contributed by atoms with Crippen molar-refractivity contribution in [2.45, 2.75) is 83.6 Å². The van der Waals surface area contributed by atoms with E-state index in [2.05, 4.69) is 24.0 Å². The third-order valence-electron chi connectivity index (χ3n) is 4.07. The minimum Gasteiger partial charge on any atom is -0.265 e. The van der Waals surface area contributed by atoms with Crippen LogP contribution in [0.4, 0.5) is 0 Å². The van der Waals surface area contributed by atoms with Crippen molar-refractivity contribution in [3.05, 3.63) is 24.5 Å². The summed E-state index contributed by atoms with van der Waals surface area (Å²) in [6.45, 7) is 2.29. The second kappa shape index (κ2) is 13.4. The molecule has 20 heavy (non-hydrogen) atoms. The van der Waals surface area contributed by atoms with Gasteiger partial charge in [0, 0.05) is 12.4 Å². The monoisotopic (exact) mass is 291 g/mol. The van der Waals surface area contributed by atoms with Crippen molar-refractivity contribution in [1.29, 1.82) is 0 Å². The van der Waals surface area contributed by atoms with E-state index in [1.54, 1.807) is 5.19 Å². The number of unbranched alkanes of at least 4 members (excludes halogenated alkanes) is 10. The molecule has 1 aromatic rings. The molecule has 2 heteroatoms. The van der Waals surface area contributed by atoms with Crippen LogP contribution in [0, 0.1) is 0 Å². The van der Waals surface area contributed by atoms with Crippen molar-refractivity contribution in [3.63, 3.8) is 0 Å². The molecule has 0 unspecified atom stereocenters. The Hall–Kier alpha value is -0.633. The molecule has 0 N–H and O–H groups in total. The van der Waals surface area contributed by atoms with Crippen molar-refractivity contribution in [1.82, 2.24) is 4.98 Å². The molecule has 0 amide bonds. The van der Waals surface area contributed by atoms with E-state index in [0.29, 0.717) is 0 Å². The average Bonchev–Trinajstić information content (AvgIpc) is 2.49. The van der Waals surface area contributed by atoms with E-state index in [1.165, 1.54) is 76.7 Å². The predicted octanol–water partition coefficient (Wildman–Crippen LogP) is 4.61. The van der Waals surface area contributed by atoms with Crippen LogP contribution in [0.15, 0.2) is 24.5 Å². The van der Waals surface area contributed by atoms with Gasteiger partial charge in [-0.05, 0) is 12.1 Å². The Labute approximate surface area is 128 Å². The Kier molecular flexibility index (Phi) is 11.6. The van der Waals surface area contributed by atoms with Gasteiger partial charge in [0.05, 0.1) is 9.52 Å². The van der Waals surface area contributed by atoms with Gasteiger partial charge < -0.3 is 0 Å². The molecule has 0 saturated carbocycles. The van der Waals surface area contributed by atoms with Crippen molar-refractivity contribution in [3.8, 4) is 0 Å². The largest absolute Gasteiger partial charge is 0.265 e. The van der Waals surface area contributed by atoms with Gasteiger partial charge in [0.15, 0.2) is 0 Å². The second-order valence-electron chi connectivity index (χ2n) is 5.99. The van der Waals surface area contributed by atoms with Gasteiger partial charge in [-0.25, -0.2) is 0 Å². The lowest BCUT2D eigenvalue weighted by molar-refractivity contribution is 0.554. The van der Waals surface area contributed by atoms with Crippen LogP contribution in [0.1, 0.15) is 77.6 Å². The Morgan fingerprint density at radius 3 is 1.80 bits per heavy atom. The van der Waals surface area contributed by atoms with E-state index in [1.807, 2.05) is 12.4 Å². The van der Waals surface area contributed by atoms with E-state index in [4.69, 9.17) is 0 Å². The number of nitrogens with zero attached hydrogens (tertiary/aromatic N) is 1. The number of hydrogen-bond acceptors (Lipinski definition) is 1. The van der Waals surface area contributed by atoms with E-state index in [-0.39, 0.29) is 9.52 Å². The molecule has 0 saturated heterocycles. The summed E-state index contributed by atoms with van der Waals surface area (Å²) in [7, 11) is -0.00739. The van der Waals surface area contributed by atoms with Gasteiger partial charge in [0.2, 0.25) is 0 Å². The lowest BCUT2D eigenvalue weighted by atomic mass is 10.1. The zero-order valence-electron chi connectivity index (χ0n) is 13.4. The van der Waals surface area contributed by atoms with Crippen molar-refractivity contribution >= 4 is 14.7 Å². The first-order valence-corrected chi connectivity index (χ1v) is 10.5. The molecule has 0 spiro atoms. The number of rotatable bonds is 13. The maximum atomic E-state index is 4.08. The van der Waals surface area contributed by atoms with Crippen molar-refractivity contribution in [2.24, 2.45) is 0 Å². The second-order valence-corrected chi connectivity index (χ2v) is 8.02. The topological polar surface area (TPSA) is 12.9 Å². The van der Waals surface area contributed by atoms with Crippen LogP contribution in [-0.4, -0.2) is 14.5 Å². The van der Waals surface area contributed by atoms with Gasteiger partial charge >= 0.3 is 0 Å². The summed E-state index contributed by atoms with van der Waals surface area (Å²) in [4.78, 5) is 4.08. The maximum absolute atomic E-state index is 4.08. The van der Waals surface area contributed by atoms with Crippen molar-refractivity contribution in [2.75, 3.05) is 0 Å². The van der Waals surface area contributed by atoms with E-state index in [9.17, 15) is 0 Å². The lowest BCUT2D eigenvalue weighted by Crippen LogP contribution is -2.12. The average molecular weight is 292 g/mol. The maximum Gasteiger partial charge on any atom is 0.0549 e. The first-order valence-electron chi connectivity index (χ1n) is 8.82. The van der Waals surface area contributed by atoms with Crippen LogP contribution < -0.4 is 5.19 Å². The fourth-order valence-corrected chi connectivity index (χ4v) is 4.28. The molecule has 0 radical (unpaired) electrons. The molecular formula is C18H33NSi. The molecule has 0 aliphatic heterocycles. The fourth-order valence-electron chi connectivity index (χ4n) is 2.72. The van der Waals surface area contributed by atoms with E-state index >= 15 is 0 Å². The summed E-state index contributed by atoms with van der Waals surface area (Å²) in [5.41, 5.74) is 0. The lowest BCUT2D eigenvalue weighted by Gasteiger charge is -2.03. The highest BCUT2D eigenvalue weighted by Crippen LogP contribution is 2.11. The van der Waals surface area contributed by atoms with Crippen molar-refractivity contribution < 1.29 is 0 Å². The smallest absolute Gasteiger partial charge is 0.0549 e. The molecule has 0 aliphatic rings. The van der Waals surface area contributed by atoms with Gasteiger partial charge in [-0.15, -0.1) is 0 Å². The number of pyridine rings is 1. The van der Waals surface area contributed by atoms with E-state index < -0.39 is 0 Å². The minimum atomic E-state index is -0.00739. The van der Waals surface area contributed by atoms with Gasteiger partial charge in [-0.2, -0.15) is 0 Å². The summed E-state index contributed by atoms with van der Waals surface area (Å²) >= 11 is 0. The fraction of sp³-hybridized carbons (Fsp3) is 0.722. The first-order chi connectivity index (χ1) is 9.93.